The summed E-state index contributed by atoms with van der Waals surface area (Å²) < 4.78 is 5.29. The number of ether oxygens (including phenoxy) is 1. The number of nitrogens with zero attached hydrogens (tertiary/aromatic N) is 1. The number of rotatable bonds is 8. The van der Waals surface area contributed by atoms with Gasteiger partial charge >= 0.3 is 5.69 Å². The van der Waals surface area contributed by atoms with Gasteiger partial charge in [-0.1, -0.05) is 18.2 Å². The van der Waals surface area contributed by atoms with Gasteiger partial charge < -0.3 is 15.8 Å². The molecule has 0 aromatic heterocycles. The van der Waals surface area contributed by atoms with Crippen molar-refractivity contribution in [3.05, 3.63) is 58.1 Å². The Labute approximate surface area is 153 Å². The lowest BCUT2D eigenvalue weighted by molar-refractivity contribution is -0.385. The molecule has 0 aliphatic carbocycles. The summed E-state index contributed by atoms with van der Waals surface area (Å²) in [7, 11) is 0. The maximum atomic E-state index is 12.1. The van der Waals surface area contributed by atoms with Gasteiger partial charge in [0.1, 0.15) is 0 Å². The van der Waals surface area contributed by atoms with E-state index < -0.39 is 23.3 Å². The number of aryl methyl sites for hydroxylation is 1. The molecule has 2 rings (SSSR count). The van der Waals surface area contributed by atoms with E-state index >= 15 is 0 Å². The molecule has 0 unspecified atom stereocenters. The third-order valence-electron chi connectivity index (χ3n) is 3.20. The Kier molecular flexibility index (Phi) is 6.56. The van der Waals surface area contributed by atoms with E-state index in [1.807, 2.05) is 0 Å². The van der Waals surface area contributed by atoms with E-state index in [0.29, 0.717) is 16.1 Å². The van der Waals surface area contributed by atoms with Crippen molar-refractivity contribution in [3.63, 3.8) is 0 Å². The highest BCUT2D eigenvalue weighted by Crippen LogP contribution is 2.28. The second-order valence-corrected chi connectivity index (χ2v) is 6.33. The van der Waals surface area contributed by atoms with Crippen molar-refractivity contribution in [1.29, 1.82) is 0 Å². The molecule has 0 fully saturated rings. The smallest absolute Gasteiger partial charge is 0.311 e. The molecule has 8 nitrogen and oxygen atoms in total. The van der Waals surface area contributed by atoms with Crippen LogP contribution in [0.2, 0.25) is 0 Å². The van der Waals surface area contributed by atoms with Crippen LogP contribution < -0.4 is 15.8 Å². The van der Waals surface area contributed by atoms with Gasteiger partial charge in [-0.2, -0.15) is 0 Å². The zero-order valence-corrected chi connectivity index (χ0v) is 14.7. The highest BCUT2D eigenvalue weighted by molar-refractivity contribution is 8.00. The average molecular weight is 375 g/mol. The van der Waals surface area contributed by atoms with Gasteiger partial charge in [-0.05, 0) is 30.7 Å². The summed E-state index contributed by atoms with van der Waals surface area (Å²) in [4.78, 5) is 34.2. The average Bonchev–Trinajstić information content (AvgIpc) is 2.59. The van der Waals surface area contributed by atoms with Gasteiger partial charge in [-0.15, -0.1) is 11.8 Å². The summed E-state index contributed by atoms with van der Waals surface area (Å²) in [5.74, 6) is -0.843. The molecular weight excluding hydrogens is 358 g/mol. The molecule has 2 amide bonds. The van der Waals surface area contributed by atoms with Gasteiger partial charge in [0.2, 0.25) is 5.91 Å². The molecule has 2 aromatic rings. The van der Waals surface area contributed by atoms with Crippen LogP contribution in [0.4, 0.5) is 11.4 Å². The first kappa shape index (κ1) is 19.3. The zero-order chi connectivity index (χ0) is 19.1. The first-order valence-corrected chi connectivity index (χ1v) is 8.53. The van der Waals surface area contributed by atoms with Crippen molar-refractivity contribution in [2.75, 3.05) is 17.7 Å². The summed E-state index contributed by atoms with van der Waals surface area (Å²) in [6, 6.07) is 11.4. The van der Waals surface area contributed by atoms with Gasteiger partial charge in [-0.3, -0.25) is 19.7 Å². The number of nitrogens with one attached hydrogen (secondary N) is 1. The fraction of sp³-hybridized carbons (Fsp3) is 0.176. The minimum atomic E-state index is -0.560. The number of benzene rings is 2. The van der Waals surface area contributed by atoms with E-state index in [4.69, 9.17) is 10.5 Å². The molecule has 0 aliphatic rings. The first-order chi connectivity index (χ1) is 12.4. The van der Waals surface area contributed by atoms with Crippen molar-refractivity contribution < 1.29 is 19.2 Å². The molecule has 0 saturated heterocycles. The van der Waals surface area contributed by atoms with Gasteiger partial charge in [0.15, 0.2) is 12.4 Å². The highest BCUT2D eigenvalue weighted by Gasteiger charge is 2.16. The molecule has 0 atom stereocenters. The molecule has 26 heavy (non-hydrogen) atoms. The van der Waals surface area contributed by atoms with Crippen LogP contribution in [0, 0.1) is 17.0 Å². The number of nitro benzene ring substituents is 1. The summed E-state index contributed by atoms with van der Waals surface area (Å²) in [5.41, 5.74) is 6.15. The van der Waals surface area contributed by atoms with Gasteiger partial charge in [0.25, 0.3) is 5.91 Å². The number of nitrogens with two attached hydrogens (primary N) is 1. The largest absolute Gasteiger partial charge is 0.477 e. The number of nitro groups is 1. The zero-order valence-electron chi connectivity index (χ0n) is 13.9. The lowest BCUT2D eigenvalue weighted by atomic mass is 10.2. The fourth-order valence-corrected chi connectivity index (χ4v) is 2.81. The van der Waals surface area contributed by atoms with Crippen molar-refractivity contribution in [3.8, 4) is 5.75 Å². The predicted octanol–water partition coefficient (Wildman–Crippen LogP) is 2.50. The van der Waals surface area contributed by atoms with Crippen molar-refractivity contribution in [2.24, 2.45) is 5.73 Å². The number of para-hydroxylation sites is 1. The second kappa shape index (κ2) is 8.86. The minimum Gasteiger partial charge on any atom is -0.477 e. The number of carbonyl (C=O) groups excluding carboxylic acids is 2. The van der Waals surface area contributed by atoms with Gasteiger partial charge in [-0.25, -0.2) is 0 Å². The Morgan fingerprint density at radius 3 is 2.69 bits per heavy atom. The van der Waals surface area contributed by atoms with E-state index in [0.717, 1.165) is 0 Å². The van der Waals surface area contributed by atoms with Crippen LogP contribution in [0.5, 0.6) is 5.75 Å². The van der Waals surface area contributed by atoms with Crippen LogP contribution in [-0.4, -0.2) is 29.1 Å². The van der Waals surface area contributed by atoms with Crippen LogP contribution in [0.1, 0.15) is 5.56 Å². The maximum absolute atomic E-state index is 12.1. The highest BCUT2D eigenvalue weighted by atomic mass is 32.2. The molecule has 9 heteroatoms. The molecule has 136 valence electrons. The molecule has 2 aromatic carbocycles. The van der Waals surface area contributed by atoms with E-state index in [9.17, 15) is 19.7 Å². The lowest BCUT2D eigenvalue weighted by Crippen LogP contribution is -2.21. The van der Waals surface area contributed by atoms with E-state index in [1.54, 1.807) is 37.3 Å². The summed E-state index contributed by atoms with van der Waals surface area (Å²) in [5, 5.41) is 13.7. The number of hydrogen-bond donors (Lipinski definition) is 2. The number of primary amides is 1. The summed E-state index contributed by atoms with van der Waals surface area (Å²) >= 11 is 1.20. The Balaban J connectivity index is 2.02. The van der Waals surface area contributed by atoms with E-state index in [-0.39, 0.29) is 17.2 Å². The third kappa shape index (κ3) is 5.49. The Hall–Kier alpha value is -3.07. The molecule has 0 aliphatic heterocycles. The Morgan fingerprint density at radius 2 is 2.00 bits per heavy atom. The molecule has 0 bridgehead atoms. The minimum absolute atomic E-state index is 0.0205. The van der Waals surface area contributed by atoms with Crippen molar-refractivity contribution in [2.45, 2.75) is 11.8 Å². The quantitative estimate of drug-likeness (QED) is 0.415. The Bertz CT molecular complexity index is 841. The fourth-order valence-electron chi connectivity index (χ4n) is 2.07. The lowest BCUT2D eigenvalue weighted by Gasteiger charge is -2.11. The van der Waals surface area contributed by atoms with E-state index in [2.05, 4.69) is 5.32 Å². The summed E-state index contributed by atoms with van der Waals surface area (Å²) in [6.07, 6.45) is 0. The van der Waals surface area contributed by atoms with Crippen LogP contribution in [-0.2, 0) is 9.59 Å². The monoisotopic (exact) mass is 375 g/mol. The van der Waals surface area contributed by atoms with Gasteiger partial charge in [0, 0.05) is 11.0 Å². The van der Waals surface area contributed by atoms with Crippen LogP contribution >= 0.6 is 11.8 Å². The Morgan fingerprint density at radius 1 is 1.27 bits per heavy atom. The standard InChI is InChI=1S/C17H17N3O5S/c1-11-6-7-14(13(8-11)20(23)24)25-9-17(22)19-12-4-2-3-5-15(12)26-10-16(18)21/h2-8H,9-10H2,1H3,(H2,18,21)(H,19,22). The second-order valence-electron chi connectivity index (χ2n) is 5.32. The molecule has 0 radical (unpaired) electrons. The SMILES string of the molecule is Cc1ccc(OCC(=O)Nc2ccccc2SCC(N)=O)c([N+](=O)[O-])c1. The van der Waals surface area contributed by atoms with Crippen molar-refractivity contribution in [1.82, 2.24) is 0 Å². The van der Waals surface area contributed by atoms with Crippen LogP contribution in [0.3, 0.4) is 0 Å². The number of carbonyl (C=O) groups is 2. The van der Waals surface area contributed by atoms with E-state index in [1.165, 1.54) is 23.9 Å². The number of amides is 2. The molecule has 0 saturated carbocycles. The molecule has 3 N–H and O–H groups in total. The molecular formula is C17H17N3O5S. The summed E-state index contributed by atoms with van der Waals surface area (Å²) in [6.45, 7) is 1.34. The molecule has 0 spiro atoms. The normalized spacial score (nSPS) is 10.2. The number of thioether (sulfide) groups is 1. The number of anilines is 1. The molecule has 0 heterocycles. The third-order valence-corrected chi connectivity index (χ3v) is 4.30. The predicted molar refractivity (Wildman–Crippen MR) is 98.3 cm³/mol. The maximum Gasteiger partial charge on any atom is 0.311 e. The number of hydrogen-bond acceptors (Lipinski definition) is 6. The van der Waals surface area contributed by atoms with Crippen LogP contribution in [0.25, 0.3) is 0 Å². The van der Waals surface area contributed by atoms with Crippen LogP contribution in [0.15, 0.2) is 47.4 Å². The first-order valence-electron chi connectivity index (χ1n) is 7.54. The van der Waals surface area contributed by atoms with Gasteiger partial charge in [0.05, 0.1) is 16.4 Å². The topological polar surface area (TPSA) is 125 Å². The van der Waals surface area contributed by atoms with Crippen molar-refractivity contribution >= 4 is 35.0 Å².